The molecule has 0 heteroatoms. The van der Waals surface area contributed by atoms with Crippen molar-refractivity contribution < 1.29 is 0 Å². The monoisotopic (exact) mass is 270 g/mol. The molecule has 1 aromatic rings. The van der Waals surface area contributed by atoms with Crippen molar-refractivity contribution in [3.05, 3.63) is 59.0 Å². The number of rotatable bonds is 3. The molecular formula is C20H30. The van der Waals surface area contributed by atoms with E-state index in [-0.39, 0.29) is 0 Å². The largest absolute Gasteiger partial charge is 0.0990 e. The summed E-state index contributed by atoms with van der Waals surface area (Å²) in [4.78, 5) is 0. The van der Waals surface area contributed by atoms with Crippen LogP contribution in [0.2, 0.25) is 0 Å². The van der Waals surface area contributed by atoms with Gasteiger partial charge < -0.3 is 0 Å². The molecule has 0 N–H and O–H groups in total. The van der Waals surface area contributed by atoms with Gasteiger partial charge in [0.2, 0.25) is 0 Å². The number of allylic oxidation sites excluding steroid dienone is 2. The predicted molar refractivity (Wildman–Crippen MR) is 98.0 cm³/mol. The van der Waals surface area contributed by atoms with E-state index in [1.807, 2.05) is 65.8 Å². The summed E-state index contributed by atoms with van der Waals surface area (Å²) in [5.41, 5.74) is 2.35. The van der Waals surface area contributed by atoms with Crippen LogP contribution in [0.15, 0.2) is 37.4 Å². The number of hydrogen-bond donors (Lipinski definition) is 0. The minimum absolute atomic E-state index is 1.16. The van der Waals surface area contributed by atoms with Crippen LogP contribution in [0.3, 0.4) is 0 Å². The van der Waals surface area contributed by atoms with Gasteiger partial charge in [-0.1, -0.05) is 77.3 Å². The van der Waals surface area contributed by atoms with Gasteiger partial charge in [0, 0.05) is 0 Å². The molecule has 0 radical (unpaired) electrons. The Morgan fingerprint density at radius 3 is 1.80 bits per heavy atom. The van der Waals surface area contributed by atoms with Gasteiger partial charge in [-0.25, -0.2) is 0 Å². The van der Waals surface area contributed by atoms with Gasteiger partial charge in [0.15, 0.2) is 0 Å². The van der Waals surface area contributed by atoms with Crippen LogP contribution in [-0.4, -0.2) is 0 Å². The molecule has 0 bridgehead atoms. The summed E-state index contributed by atoms with van der Waals surface area (Å²) in [5.74, 6) is 0. The van der Waals surface area contributed by atoms with Crippen molar-refractivity contribution in [3.8, 4) is 0 Å². The van der Waals surface area contributed by atoms with Gasteiger partial charge in [0.25, 0.3) is 0 Å². The Kier molecular flexibility index (Phi) is 13.9. The lowest BCUT2D eigenvalue weighted by atomic mass is 10.0. The average molecular weight is 270 g/mol. The molecule has 1 rings (SSSR count). The van der Waals surface area contributed by atoms with Crippen molar-refractivity contribution >= 4 is 24.3 Å². The van der Waals surface area contributed by atoms with Gasteiger partial charge in [0.05, 0.1) is 0 Å². The van der Waals surface area contributed by atoms with Gasteiger partial charge in [-0.2, -0.15) is 0 Å². The lowest BCUT2D eigenvalue weighted by Crippen LogP contribution is -2.24. The fourth-order valence-electron chi connectivity index (χ4n) is 1.69. The van der Waals surface area contributed by atoms with Gasteiger partial charge in [-0.05, 0) is 47.5 Å². The summed E-state index contributed by atoms with van der Waals surface area (Å²) < 4.78 is 0. The predicted octanol–water partition coefficient (Wildman–Crippen LogP) is 5.18. The molecule has 0 amide bonds. The molecule has 0 saturated heterocycles. The second-order valence-corrected chi connectivity index (χ2v) is 3.51. The highest BCUT2D eigenvalue weighted by molar-refractivity contribution is 5.65. The van der Waals surface area contributed by atoms with Gasteiger partial charge in [-0.15, -0.1) is 0 Å². The van der Waals surface area contributed by atoms with Crippen LogP contribution in [0.5, 0.6) is 0 Å². The fourth-order valence-corrected chi connectivity index (χ4v) is 1.69. The van der Waals surface area contributed by atoms with Crippen LogP contribution in [0.25, 0.3) is 24.3 Å². The van der Waals surface area contributed by atoms with Crippen molar-refractivity contribution in [1.82, 2.24) is 0 Å². The van der Waals surface area contributed by atoms with Crippen molar-refractivity contribution in [2.45, 2.75) is 41.5 Å². The summed E-state index contributed by atoms with van der Waals surface area (Å²) in [6.45, 7) is 19.6. The Labute approximate surface area is 125 Å². The summed E-state index contributed by atoms with van der Waals surface area (Å²) in [6.07, 6.45) is 12.0. The van der Waals surface area contributed by atoms with Crippen LogP contribution >= 0.6 is 0 Å². The van der Waals surface area contributed by atoms with E-state index in [1.165, 1.54) is 16.0 Å². The topological polar surface area (TPSA) is 0 Å². The van der Waals surface area contributed by atoms with Crippen LogP contribution in [0.4, 0.5) is 0 Å². The van der Waals surface area contributed by atoms with Crippen LogP contribution in [0.1, 0.15) is 52.7 Å². The maximum Gasteiger partial charge on any atom is -0.0181 e. The molecule has 110 valence electrons. The Balaban J connectivity index is 0. The molecule has 0 atom stereocenters. The summed E-state index contributed by atoms with van der Waals surface area (Å²) in [6, 6.07) is 4.31. The first-order valence-corrected chi connectivity index (χ1v) is 7.45. The zero-order valence-electron chi connectivity index (χ0n) is 14.0. The van der Waals surface area contributed by atoms with E-state index in [1.54, 1.807) is 0 Å². The molecule has 0 aliphatic carbocycles. The minimum atomic E-state index is 1.16. The smallest absolute Gasteiger partial charge is 0.0181 e. The molecule has 0 heterocycles. The van der Waals surface area contributed by atoms with Crippen molar-refractivity contribution in [3.63, 3.8) is 0 Å². The van der Waals surface area contributed by atoms with E-state index >= 15 is 0 Å². The third-order valence-corrected chi connectivity index (χ3v) is 2.46. The second-order valence-electron chi connectivity index (χ2n) is 3.51. The fraction of sp³-hybridized carbons (Fsp3) is 0.300. The summed E-state index contributed by atoms with van der Waals surface area (Å²) in [5, 5.41) is 2.40. The molecule has 0 spiro atoms. The molecule has 0 nitrogen and oxygen atoms in total. The highest BCUT2D eigenvalue weighted by Crippen LogP contribution is 2.07. The third kappa shape index (κ3) is 6.38. The quantitative estimate of drug-likeness (QED) is 0.709. The normalized spacial score (nSPS) is 11.3. The summed E-state index contributed by atoms with van der Waals surface area (Å²) in [7, 11) is 0. The van der Waals surface area contributed by atoms with Crippen molar-refractivity contribution in [1.29, 1.82) is 0 Å². The Bertz CT molecular complexity index is 528. The molecule has 1 aromatic carbocycles. The lowest BCUT2D eigenvalue weighted by Gasteiger charge is -2.02. The molecule has 0 aliphatic rings. The standard InChI is InChI=1S/C16H18.2C2H6/c1-5-9-15-12-16(10-6-2)14(8-4)11-13(15)7-3;2*1-2/h5-12H,1,4H2,2-3H3;2*1-2H3/b10-6-,13-7-,15-9-;;. The molecule has 0 saturated carbocycles. The van der Waals surface area contributed by atoms with Crippen molar-refractivity contribution in [2.75, 3.05) is 0 Å². The zero-order chi connectivity index (χ0) is 16.0. The van der Waals surface area contributed by atoms with E-state index in [0.717, 1.165) is 5.56 Å². The lowest BCUT2D eigenvalue weighted by molar-refractivity contribution is 1.46. The maximum absolute atomic E-state index is 3.85. The second kappa shape index (κ2) is 13.6. The minimum Gasteiger partial charge on any atom is -0.0990 e. The van der Waals surface area contributed by atoms with E-state index < -0.39 is 0 Å². The molecule has 20 heavy (non-hydrogen) atoms. The highest BCUT2D eigenvalue weighted by atomic mass is 14.0. The third-order valence-electron chi connectivity index (χ3n) is 2.46. The molecular weight excluding hydrogens is 240 g/mol. The first kappa shape index (κ1) is 20.5. The first-order valence-electron chi connectivity index (χ1n) is 7.45. The Morgan fingerprint density at radius 1 is 0.850 bits per heavy atom. The average Bonchev–Trinajstić information content (AvgIpc) is 2.52. The summed E-state index contributed by atoms with van der Waals surface area (Å²) >= 11 is 0. The number of hydrogen-bond acceptors (Lipinski definition) is 0. The van der Waals surface area contributed by atoms with Crippen LogP contribution < -0.4 is 10.4 Å². The highest BCUT2D eigenvalue weighted by Gasteiger charge is 1.96. The van der Waals surface area contributed by atoms with E-state index in [2.05, 4.69) is 37.4 Å². The number of benzene rings is 1. The van der Waals surface area contributed by atoms with Crippen molar-refractivity contribution in [2.24, 2.45) is 0 Å². The van der Waals surface area contributed by atoms with Gasteiger partial charge >= 0.3 is 0 Å². The van der Waals surface area contributed by atoms with E-state index in [9.17, 15) is 0 Å². The maximum atomic E-state index is 3.85. The SMILES string of the molecule is C=C/C=c1/cc(/C=C\C)c(C=C)c/c1=C/C.CC.CC. The molecule has 0 aliphatic heterocycles. The van der Waals surface area contributed by atoms with E-state index in [4.69, 9.17) is 0 Å². The first-order chi connectivity index (χ1) is 9.76. The Morgan fingerprint density at radius 2 is 1.40 bits per heavy atom. The van der Waals surface area contributed by atoms with Gasteiger partial charge in [0.1, 0.15) is 0 Å². The van der Waals surface area contributed by atoms with Crippen LogP contribution in [-0.2, 0) is 0 Å². The van der Waals surface area contributed by atoms with E-state index in [0.29, 0.717) is 0 Å². The molecule has 0 aromatic heterocycles. The molecule has 0 unspecified atom stereocenters. The van der Waals surface area contributed by atoms with Gasteiger partial charge in [-0.3, -0.25) is 0 Å². The molecule has 0 fully saturated rings. The zero-order valence-corrected chi connectivity index (χ0v) is 14.0. The Hall–Kier alpha value is -1.82. The van der Waals surface area contributed by atoms with Crippen LogP contribution in [0, 0.1) is 0 Å².